The third-order valence-electron chi connectivity index (χ3n) is 3.23. The molecule has 0 saturated carbocycles. The van der Waals surface area contributed by atoms with Crippen LogP contribution in [0.25, 0.3) is 0 Å². The van der Waals surface area contributed by atoms with Crippen molar-refractivity contribution >= 4 is 11.6 Å². The molecule has 0 saturated heterocycles. The maximum atomic E-state index is 12.8. The predicted octanol–water partition coefficient (Wildman–Crippen LogP) is 2.95. The Bertz CT molecular complexity index is 740. The van der Waals surface area contributed by atoms with Gasteiger partial charge in [0, 0.05) is 24.5 Å². The van der Waals surface area contributed by atoms with Crippen molar-refractivity contribution in [2.45, 2.75) is 12.3 Å². The highest BCUT2D eigenvalue weighted by Gasteiger charge is 2.41. The zero-order valence-electron chi connectivity index (χ0n) is 14.0. The molecule has 146 valence electrons. The monoisotopic (exact) mass is 387 g/mol. The van der Waals surface area contributed by atoms with Gasteiger partial charge in [0.2, 0.25) is 5.88 Å². The second kappa shape index (κ2) is 9.17. The molecule has 1 amide bonds. The van der Waals surface area contributed by atoms with E-state index >= 15 is 0 Å². The number of ether oxygens (including phenoxy) is 2. The molecule has 2 rings (SSSR count). The average Bonchev–Trinajstić information content (AvgIpc) is 2.66. The third-order valence-corrected chi connectivity index (χ3v) is 3.23. The largest absolute Gasteiger partial charge is 0.492 e. The summed E-state index contributed by atoms with van der Waals surface area (Å²) in [6.07, 6.45) is -2.75. The van der Waals surface area contributed by atoms with Crippen LogP contribution in [0.15, 0.2) is 42.6 Å². The molecule has 0 unspecified atom stereocenters. The maximum absolute atomic E-state index is 12.8. The molecule has 0 bridgehead atoms. The number of hydrogen-bond acceptors (Lipinski definition) is 5. The fourth-order valence-electron chi connectivity index (χ4n) is 1.85. The average molecular weight is 387 g/mol. The molecular weight excluding hydrogens is 370 g/mol. The van der Waals surface area contributed by atoms with Gasteiger partial charge in [0.05, 0.1) is 5.56 Å². The van der Waals surface area contributed by atoms with Gasteiger partial charge in [0.15, 0.2) is 6.61 Å². The first kappa shape index (κ1) is 20.4. The Balaban J connectivity index is 1.91. The molecule has 3 N–H and O–H groups in total. The van der Waals surface area contributed by atoms with Crippen LogP contribution in [0.5, 0.6) is 11.6 Å². The molecule has 0 fully saturated rings. The summed E-state index contributed by atoms with van der Waals surface area (Å²) in [5.74, 6) is -4.48. The highest BCUT2D eigenvalue weighted by molar-refractivity contribution is 6.04. The standard InChI is InChI=1S/C17H17F4N3O3/c18-16(19)17(20,21)10-27-14-6-1-11(9-23-14)15(25)24-12-2-4-13(5-3-12)26-8-7-22/h1-6,9,16H,7-8,10,22H2,(H,24,25). The molecule has 27 heavy (non-hydrogen) atoms. The van der Waals surface area contributed by atoms with Gasteiger partial charge in [-0.15, -0.1) is 0 Å². The number of carbonyl (C=O) groups excluding carboxylic acids is 1. The number of amides is 1. The molecule has 0 radical (unpaired) electrons. The van der Waals surface area contributed by atoms with Crippen molar-refractivity contribution in [1.82, 2.24) is 4.98 Å². The van der Waals surface area contributed by atoms with E-state index in [1.165, 1.54) is 6.07 Å². The van der Waals surface area contributed by atoms with Gasteiger partial charge in [-0.3, -0.25) is 4.79 Å². The van der Waals surface area contributed by atoms with Crippen LogP contribution in [0.2, 0.25) is 0 Å². The van der Waals surface area contributed by atoms with Gasteiger partial charge < -0.3 is 20.5 Å². The summed E-state index contributed by atoms with van der Waals surface area (Å²) < 4.78 is 59.6. The minimum atomic E-state index is -4.28. The number of nitrogens with zero attached hydrogens (tertiary/aromatic N) is 1. The summed E-state index contributed by atoms with van der Waals surface area (Å²) in [5, 5.41) is 2.61. The van der Waals surface area contributed by atoms with Crippen molar-refractivity contribution in [1.29, 1.82) is 0 Å². The van der Waals surface area contributed by atoms with Gasteiger partial charge in [-0.05, 0) is 30.3 Å². The number of nitrogens with one attached hydrogen (secondary N) is 1. The summed E-state index contributed by atoms with van der Waals surface area (Å²) in [4.78, 5) is 15.8. The second-order valence-electron chi connectivity index (χ2n) is 5.35. The highest BCUT2D eigenvalue weighted by Crippen LogP contribution is 2.24. The zero-order valence-corrected chi connectivity index (χ0v) is 14.0. The normalized spacial score (nSPS) is 11.3. The third kappa shape index (κ3) is 6.10. The van der Waals surface area contributed by atoms with E-state index in [9.17, 15) is 22.4 Å². The Hall–Kier alpha value is -2.88. The van der Waals surface area contributed by atoms with Crippen LogP contribution < -0.4 is 20.5 Å². The first-order chi connectivity index (χ1) is 12.8. The van der Waals surface area contributed by atoms with Crippen LogP contribution in [0.4, 0.5) is 23.2 Å². The lowest BCUT2D eigenvalue weighted by atomic mass is 10.2. The lowest BCUT2D eigenvalue weighted by Gasteiger charge is -2.15. The minimum Gasteiger partial charge on any atom is -0.492 e. The Morgan fingerprint density at radius 1 is 1.15 bits per heavy atom. The van der Waals surface area contributed by atoms with Gasteiger partial charge in [0.1, 0.15) is 12.4 Å². The number of carbonyl (C=O) groups is 1. The molecule has 2 aromatic rings. The maximum Gasteiger partial charge on any atom is 0.340 e. The SMILES string of the molecule is NCCOc1ccc(NC(=O)c2ccc(OCC(F)(F)C(F)F)nc2)cc1. The van der Waals surface area contributed by atoms with E-state index in [-0.39, 0.29) is 11.4 Å². The fourth-order valence-corrected chi connectivity index (χ4v) is 1.85. The van der Waals surface area contributed by atoms with Gasteiger partial charge in [0.25, 0.3) is 5.91 Å². The van der Waals surface area contributed by atoms with Crippen LogP contribution in [-0.2, 0) is 0 Å². The first-order valence-electron chi connectivity index (χ1n) is 7.81. The van der Waals surface area contributed by atoms with Crippen LogP contribution >= 0.6 is 0 Å². The van der Waals surface area contributed by atoms with E-state index in [2.05, 4.69) is 15.0 Å². The second-order valence-corrected chi connectivity index (χ2v) is 5.35. The van der Waals surface area contributed by atoms with Crippen molar-refractivity contribution in [3.63, 3.8) is 0 Å². The first-order valence-corrected chi connectivity index (χ1v) is 7.81. The molecule has 0 atom stereocenters. The Kier molecular flexibility index (Phi) is 6.94. The number of pyridine rings is 1. The van der Waals surface area contributed by atoms with E-state index in [1.54, 1.807) is 24.3 Å². The molecule has 0 spiro atoms. The van der Waals surface area contributed by atoms with E-state index < -0.39 is 24.9 Å². The van der Waals surface area contributed by atoms with Gasteiger partial charge in [-0.1, -0.05) is 0 Å². The number of aromatic nitrogens is 1. The minimum absolute atomic E-state index is 0.131. The van der Waals surface area contributed by atoms with E-state index in [0.29, 0.717) is 24.6 Å². The predicted molar refractivity (Wildman–Crippen MR) is 89.6 cm³/mol. The molecule has 1 aromatic carbocycles. The molecule has 0 aliphatic rings. The number of halogens is 4. The van der Waals surface area contributed by atoms with Crippen molar-refractivity contribution < 1.29 is 31.8 Å². The Labute approximate surface area is 152 Å². The number of hydrogen-bond donors (Lipinski definition) is 2. The summed E-state index contributed by atoms with van der Waals surface area (Å²) >= 11 is 0. The molecular formula is C17H17F4N3O3. The molecule has 10 heteroatoms. The van der Waals surface area contributed by atoms with Crippen LogP contribution in [0, 0.1) is 0 Å². The zero-order chi connectivity index (χ0) is 19.9. The summed E-state index contributed by atoms with van der Waals surface area (Å²) in [6.45, 7) is -0.762. The van der Waals surface area contributed by atoms with Crippen LogP contribution in [0.1, 0.15) is 10.4 Å². The Morgan fingerprint density at radius 2 is 1.85 bits per heavy atom. The van der Waals surface area contributed by atoms with Crippen molar-refractivity contribution in [3.8, 4) is 11.6 Å². The fraction of sp³-hybridized carbons (Fsp3) is 0.294. The van der Waals surface area contributed by atoms with Crippen LogP contribution in [-0.4, -0.2) is 43.0 Å². The van der Waals surface area contributed by atoms with E-state index in [4.69, 9.17) is 10.5 Å². The van der Waals surface area contributed by atoms with Gasteiger partial charge >= 0.3 is 12.3 Å². The number of benzene rings is 1. The van der Waals surface area contributed by atoms with Gasteiger partial charge in [-0.25, -0.2) is 13.8 Å². The number of anilines is 1. The van der Waals surface area contributed by atoms with E-state index in [0.717, 1.165) is 12.3 Å². The molecule has 1 heterocycles. The van der Waals surface area contributed by atoms with Crippen molar-refractivity contribution in [2.24, 2.45) is 5.73 Å². The number of alkyl halides is 4. The topological polar surface area (TPSA) is 86.5 Å². The van der Waals surface area contributed by atoms with E-state index in [1.807, 2.05) is 0 Å². The summed E-state index contributed by atoms with van der Waals surface area (Å²) in [7, 11) is 0. The number of rotatable bonds is 9. The smallest absolute Gasteiger partial charge is 0.340 e. The lowest BCUT2D eigenvalue weighted by Crippen LogP contribution is -2.33. The molecule has 1 aromatic heterocycles. The van der Waals surface area contributed by atoms with Gasteiger partial charge in [-0.2, -0.15) is 8.78 Å². The summed E-state index contributed by atoms with van der Waals surface area (Å²) in [6, 6.07) is 8.98. The van der Waals surface area contributed by atoms with Crippen molar-refractivity contribution in [3.05, 3.63) is 48.2 Å². The molecule has 6 nitrogen and oxygen atoms in total. The van der Waals surface area contributed by atoms with Crippen LogP contribution in [0.3, 0.4) is 0 Å². The summed E-state index contributed by atoms with van der Waals surface area (Å²) in [5.41, 5.74) is 5.96. The lowest BCUT2D eigenvalue weighted by molar-refractivity contribution is -0.148. The number of nitrogens with two attached hydrogens (primary N) is 1. The van der Waals surface area contributed by atoms with Crippen molar-refractivity contribution in [2.75, 3.05) is 25.1 Å². The molecule has 0 aliphatic carbocycles. The molecule has 0 aliphatic heterocycles. The highest BCUT2D eigenvalue weighted by atomic mass is 19.3. The Morgan fingerprint density at radius 3 is 2.41 bits per heavy atom. The quantitative estimate of drug-likeness (QED) is 0.646.